The Kier molecular flexibility index (Phi) is 2.87. The molecule has 1 atom stereocenters. The van der Waals surface area contributed by atoms with Crippen LogP contribution in [-0.2, 0) is 0 Å². The van der Waals surface area contributed by atoms with Crippen LogP contribution in [0.1, 0.15) is 18.7 Å². The predicted octanol–water partition coefficient (Wildman–Crippen LogP) is 2.63. The maximum Gasteiger partial charge on any atom is 0.131 e. The van der Waals surface area contributed by atoms with Crippen LogP contribution in [0, 0.1) is 0 Å². The molecule has 0 aliphatic rings. The fraction of sp³-hybridized carbons (Fsp3) is 0.200. The summed E-state index contributed by atoms with van der Waals surface area (Å²) in [7, 11) is 0. The molecule has 4 nitrogen and oxygen atoms in total. The number of halogens is 1. The Morgan fingerprint density at radius 1 is 1.40 bits per heavy atom. The van der Waals surface area contributed by atoms with Gasteiger partial charge in [0.05, 0.1) is 11.7 Å². The molecule has 2 aromatic heterocycles. The zero-order chi connectivity index (χ0) is 10.7. The molecule has 5 heteroatoms. The lowest BCUT2D eigenvalue weighted by Crippen LogP contribution is -2.07. The monoisotopic (exact) mass is 222 g/mol. The van der Waals surface area contributed by atoms with E-state index in [-0.39, 0.29) is 6.04 Å². The van der Waals surface area contributed by atoms with Crippen LogP contribution in [0.2, 0.25) is 5.15 Å². The number of nitrogens with one attached hydrogen (secondary N) is 2. The average Bonchev–Trinajstić information content (AvgIpc) is 2.70. The van der Waals surface area contributed by atoms with Crippen molar-refractivity contribution in [3.63, 3.8) is 0 Å². The van der Waals surface area contributed by atoms with E-state index >= 15 is 0 Å². The van der Waals surface area contributed by atoms with Crippen LogP contribution < -0.4 is 5.32 Å². The van der Waals surface area contributed by atoms with Gasteiger partial charge in [0.25, 0.3) is 0 Å². The molecule has 0 bridgehead atoms. The lowest BCUT2D eigenvalue weighted by Gasteiger charge is -2.13. The molecule has 0 aromatic carbocycles. The van der Waals surface area contributed by atoms with Crippen molar-refractivity contribution < 1.29 is 0 Å². The number of aromatic amines is 1. The molecule has 0 amide bonds. The number of H-pyrrole nitrogens is 1. The molecular weight excluding hydrogens is 212 g/mol. The van der Waals surface area contributed by atoms with Crippen molar-refractivity contribution in [1.82, 2.24) is 15.2 Å². The third-order valence-electron chi connectivity index (χ3n) is 2.10. The fourth-order valence-corrected chi connectivity index (χ4v) is 1.50. The van der Waals surface area contributed by atoms with Crippen molar-refractivity contribution in [2.45, 2.75) is 13.0 Å². The van der Waals surface area contributed by atoms with E-state index in [0.29, 0.717) is 5.15 Å². The van der Waals surface area contributed by atoms with E-state index in [1.165, 1.54) is 0 Å². The molecule has 2 N–H and O–H groups in total. The summed E-state index contributed by atoms with van der Waals surface area (Å²) in [4.78, 5) is 3.92. The van der Waals surface area contributed by atoms with E-state index in [9.17, 15) is 0 Å². The van der Waals surface area contributed by atoms with E-state index in [2.05, 4.69) is 20.5 Å². The first-order valence-corrected chi connectivity index (χ1v) is 5.01. The van der Waals surface area contributed by atoms with Gasteiger partial charge in [-0.3, -0.25) is 5.10 Å². The molecule has 15 heavy (non-hydrogen) atoms. The van der Waals surface area contributed by atoms with Gasteiger partial charge in [-0.1, -0.05) is 11.6 Å². The second-order valence-electron chi connectivity index (χ2n) is 3.25. The first kappa shape index (κ1) is 9.98. The Hall–Kier alpha value is -1.55. The van der Waals surface area contributed by atoms with Gasteiger partial charge in [-0.25, -0.2) is 4.98 Å². The first-order chi connectivity index (χ1) is 7.25. The Balaban J connectivity index is 2.09. The molecule has 2 rings (SSSR count). The molecule has 0 saturated carbocycles. The van der Waals surface area contributed by atoms with Crippen molar-refractivity contribution in [3.8, 4) is 0 Å². The molecule has 0 spiro atoms. The highest BCUT2D eigenvalue weighted by molar-refractivity contribution is 6.29. The molecule has 0 aliphatic heterocycles. The van der Waals surface area contributed by atoms with Crippen molar-refractivity contribution >= 4 is 17.3 Å². The summed E-state index contributed by atoms with van der Waals surface area (Å²) in [5.74, 6) is 0. The van der Waals surface area contributed by atoms with E-state index in [1.54, 1.807) is 18.5 Å². The number of anilines is 1. The molecule has 1 unspecified atom stereocenters. The Morgan fingerprint density at radius 3 is 2.93 bits per heavy atom. The molecule has 0 saturated heterocycles. The van der Waals surface area contributed by atoms with Gasteiger partial charge in [-0.05, 0) is 25.1 Å². The van der Waals surface area contributed by atoms with Crippen LogP contribution >= 0.6 is 11.6 Å². The van der Waals surface area contributed by atoms with Gasteiger partial charge >= 0.3 is 0 Å². The molecule has 2 aromatic rings. The summed E-state index contributed by atoms with van der Waals surface area (Å²) in [6, 6.07) is 5.75. The standard InChI is InChI=1S/C10H11ClN4/c1-7(9-3-5-13-15-9)14-8-2-4-12-10(11)6-8/h2-7H,1H3,(H,12,14)(H,13,15). The van der Waals surface area contributed by atoms with E-state index in [4.69, 9.17) is 11.6 Å². The number of aromatic nitrogens is 3. The average molecular weight is 223 g/mol. The third-order valence-corrected chi connectivity index (χ3v) is 2.31. The van der Waals surface area contributed by atoms with Crippen molar-refractivity contribution in [2.75, 3.05) is 5.32 Å². The van der Waals surface area contributed by atoms with Crippen LogP contribution in [0.25, 0.3) is 0 Å². The summed E-state index contributed by atoms with van der Waals surface area (Å²) in [6.07, 6.45) is 3.40. The van der Waals surface area contributed by atoms with Gasteiger partial charge < -0.3 is 5.32 Å². The second kappa shape index (κ2) is 4.31. The highest BCUT2D eigenvalue weighted by Crippen LogP contribution is 2.18. The number of pyridine rings is 1. The van der Waals surface area contributed by atoms with Crippen LogP contribution in [0.4, 0.5) is 5.69 Å². The van der Waals surface area contributed by atoms with Crippen molar-refractivity contribution in [2.24, 2.45) is 0 Å². The van der Waals surface area contributed by atoms with E-state index < -0.39 is 0 Å². The van der Waals surface area contributed by atoms with Gasteiger partial charge in [0.1, 0.15) is 5.15 Å². The lowest BCUT2D eigenvalue weighted by atomic mass is 10.2. The quantitative estimate of drug-likeness (QED) is 0.785. The molecule has 2 heterocycles. The maximum atomic E-state index is 5.78. The summed E-state index contributed by atoms with van der Waals surface area (Å²) in [5, 5.41) is 10.6. The Labute approximate surface area is 92.7 Å². The normalized spacial score (nSPS) is 12.4. The van der Waals surface area contributed by atoms with E-state index in [0.717, 1.165) is 11.4 Å². The molecule has 0 fully saturated rings. The predicted molar refractivity (Wildman–Crippen MR) is 59.9 cm³/mol. The van der Waals surface area contributed by atoms with Crippen molar-refractivity contribution in [1.29, 1.82) is 0 Å². The fourth-order valence-electron chi connectivity index (χ4n) is 1.33. The number of hydrogen-bond donors (Lipinski definition) is 2. The first-order valence-electron chi connectivity index (χ1n) is 4.63. The molecule has 0 aliphatic carbocycles. The van der Waals surface area contributed by atoms with Crippen LogP contribution in [0.3, 0.4) is 0 Å². The smallest absolute Gasteiger partial charge is 0.131 e. The minimum Gasteiger partial charge on any atom is -0.377 e. The minimum atomic E-state index is 0.158. The van der Waals surface area contributed by atoms with Crippen LogP contribution in [0.15, 0.2) is 30.6 Å². The Bertz CT molecular complexity index is 427. The number of hydrogen-bond acceptors (Lipinski definition) is 3. The number of rotatable bonds is 3. The molecule has 0 radical (unpaired) electrons. The SMILES string of the molecule is CC(Nc1ccnc(Cl)c1)c1ccn[nH]1. The topological polar surface area (TPSA) is 53.6 Å². The highest BCUT2D eigenvalue weighted by Gasteiger charge is 2.06. The largest absolute Gasteiger partial charge is 0.377 e. The second-order valence-corrected chi connectivity index (χ2v) is 3.63. The highest BCUT2D eigenvalue weighted by atomic mass is 35.5. The van der Waals surface area contributed by atoms with Crippen LogP contribution in [0.5, 0.6) is 0 Å². The van der Waals surface area contributed by atoms with Gasteiger partial charge in [0.2, 0.25) is 0 Å². The lowest BCUT2D eigenvalue weighted by molar-refractivity contribution is 0.825. The summed E-state index contributed by atoms with van der Waals surface area (Å²) >= 11 is 5.78. The zero-order valence-corrected chi connectivity index (χ0v) is 8.99. The van der Waals surface area contributed by atoms with Gasteiger partial charge in [0, 0.05) is 18.1 Å². The summed E-state index contributed by atoms with van der Waals surface area (Å²) in [5.41, 5.74) is 1.97. The van der Waals surface area contributed by atoms with Crippen molar-refractivity contribution in [3.05, 3.63) is 41.4 Å². The Morgan fingerprint density at radius 2 is 2.27 bits per heavy atom. The van der Waals surface area contributed by atoms with Gasteiger partial charge in [-0.2, -0.15) is 5.10 Å². The zero-order valence-electron chi connectivity index (χ0n) is 8.24. The molecule has 78 valence electrons. The third kappa shape index (κ3) is 2.47. The number of nitrogens with zero attached hydrogens (tertiary/aromatic N) is 2. The van der Waals surface area contributed by atoms with Gasteiger partial charge in [0.15, 0.2) is 0 Å². The minimum absolute atomic E-state index is 0.158. The van der Waals surface area contributed by atoms with Gasteiger partial charge in [-0.15, -0.1) is 0 Å². The summed E-state index contributed by atoms with van der Waals surface area (Å²) in [6.45, 7) is 2.04. The maximum absolute atomic E-state index is 5.78. The van der Waals surface area contributed by atoms with E-state index in [1.807, 2.05) is 19.1 Å². The summed E-state index contributed by atoms with van der Waals surface area (Å²) < 4.78 is 0. The molecular formula is C10H11ClN4. The van der Waals surface area contributed by atoms with Crippen LogP contribution in [-0.4, -0.2) is 15.2 Å².